The maximum absolute atomic E-state index is 12.6. The molecular weight excluding hydrogens is 386 g/mol. The molecule has 0 aromatic heterocycles. The lowest BCUT2D eigenvalue weighted by molar-refractivity contribution is -0.130. The number of amides is 3. The van der Waals surface area contributed by atoms with Gasteiger partial charge in [0.15, 0.2) is 0 Å². The third-order valence-electron chi connectivity index (χ3n) is 4.16. The highest BCUT2D eigenvalue weighted by Gasteiger charge is 2.24. The highest BCUT2D eigenvalue weighted by Crippen LogP contribution is 2.36. The minimum atomic E-state index is -0.386. The Morgan fingerprint density at radius 1 is 1.07 bits per heavy atom. The van der Waals surface area contributed by atoms with Crippen LogP contribution in [0.1, 0.15) is 23.2 Å². The van der Waals surface area contributed by atoms with Crippen molar-refractivity contribution in [3.63, 3.8) is 0 Å². The van der Waals surface area contributed by atoms with E-state index in [9.17, 15) is 14.4 Å². The first-order chi connectivity index (χ1) is 13.4. The smallest absolute Gasteiger partial charge is 0.255 e. The van der Waals surface area contributed by atoms with Gasteiger partial charge in [-0.15, -0.1) is 0 Å². The Morgan fingerprint density at radius 3 is 2.39 bits per heavy atom. The molecule has 2 aromatic carbocycles. The molecule has 1 saturated heterocycles. The zero-order valence-corrected chi connectivity index (χ0v) is 16.0. The van der Waals surface area contributed by atoms with Crippen molar-refractivity contribution in [1.29, 1.82) is 0 Å². The minimum absolute atomic E-state index is 0.145. The maximum atomic E-state index is 12.6. The van der Waals surface area contributed by atoms with Crippen molar-refractivity contribution in [2.24, 2.45) is 0 Å². The van der Waals surface area contributed by atoms with Gasteiger partial charge in [-0.05, 0) is 24.3 Å². The molecule has 1 heterocycles. The molecule has 0 aliphatic carbocycles. The van der Waals surface area contributed by atoms with Crippen molar-refractivity contribution in [3.05, 3.63) is 47.0 Å². The molecule has 0 radical (unpaired) electrons. The van der Waals surface area contributed by atoms with Crippen LogP contribution in [0.4, 0.5) is 11.4 Å². The van der Waals surface area contributed by atoms with Crippen LogP contribution in [0.2, 0.25) is 5.02 Å². The third kappa shape index (κ3) is 4.01. The second kappa shape index (κ2) is 8.18. The average molecular weight is 404 g/mol. The van der Waals surface area contributed by atoms with Gasteiger partial charge in [-0.3, -0.25) is 19.8 Å². The van der Waals surface area contributed by atoms with E-state index in [4.69, 9.17) is 21.1 Å². The topological polar surface area (TPSA) is 97.0 Å². The number of anilines is 2. The van der Waals surface area contributed by atoms with E-state index in [-0.39, 0.29) is 30.6 Å². The molecule has 0 bridgehead atoms. The van der Waals surface area contributed by atoms with Gasteiger partial charge < -0.3 is 14.8 Å². The van der Waals surface area contributed by atoms with Crippen LogP contribution in [0.5, 0.6) is 11.5 Å². The Morgan fingerprint density at radius 2 is 1.75 bits per heavy atom. The summed E-state index contributed by atoms with van der Waals surface area (Å²) in [4.78, 5) is 36.0. The molecule has 9 heteroatoms. The fraction of sp³-hybridized carbons (Fsp3) is 0.211. The van der Waals surface area contributed by atoms with Gasteiger partial charge in [-0.1, -0.05) is 11.6 Å². The van der Waals surface area contributed by atoms with E-state index in [2.05, 4.69) is 10.7 Å². The number of hydrazine groups is 1. The highest BCUT2D eigenvalue weighted by atomic mass is 35.5. The Kier molecular flexibility index (Phi) is 5.70. The van der Waals surface area contributed by atoms with E-state index in [1.807, 2.05) is 0 Å². The number of hydrogen-bond donors (Lipinski definition) is 2. The minimum Gasteiger partial charge on any atom is -0.495 e. The van der Waals surface area contributed by atoms with Crippen LogP contribution in [-0.2, 0) is 9.59 Å². The van der Waals surface area contributed by atoms with Gasteiger partial charge in [0, 0.05) is 30.5 Å². The standard InChI is InChI=1S/C19H18ClN3O5/c1-27-15-10-14(16(28-2)9-13(15)20)21-19(26)11-3-5-12(6-4-11)23-18(25)8-7-17(24)22-23/h3-6,9-10H,7-8H2,1-2H3,(H,21,26)(H,22,24). The molecule has 0 atom stereocenters. The summed E-state index contributed by atoms with van der Waals surface area (Å²) < 4.78 is 10.4. The molecule has 146 valence electrons. The van der Waals surface area contributed by atoms with Crippen molar-refractivity contribution in [2.45, 2.75) is 12.8 Å². The number of hydrogen-bond acceptors (Lipinski definition) is 5. The zero-order valence-electron chi connectivity index (χ0n) is 15.2. The summed E-state index contributed by atoms with van der Waals surface area (Å²) in [6, 6.07) is 9.38. The van der Waals surface area contributed by atoms with Gasteiger partial charge in [0.2, 0.25) is 11.8 Å². The van der Waals surface area contributed by atoms with Gasteiger partial charge in [0.1, 0.15) is 11.5 Å². The molecule has 28 heavy (non-hydrogen) atoms. The fourth-order valence-corrected chi connectivity index (χ4v) is 2.93. The monoisotopic (exact) mass is 403 g/mol. The number of nitrogens with one attached hydrogen (secondary N) is 2. The Labute approximate surface area is 166 Å². The highest BCUT2D eigenvalue weighted by molar-refractivity contribution is 6.32. The average Bonchev–Trinajstić information content (AvgIpc) is 2.70. The number of nitrogens with zero attached hydrogens (tertiary/aromatic N) is 1. The second-order valence-electron chi connectivity index (χ2n) is 5.95. The van der Waals surface area contributed by atoms with Crippen LogP contribution < -0.4 is 25.2 Å². The number of carbonyl (C=O) groups excluding carboxylic acids is 3. The molecule has 0 spiro atoms. The lowest BCUT2D eigenvalue weighted by Gasteiger charge is -2.27. The molecule has 1 aliphatic rings. The molecule has 2 N–H and O–H groups in total. The number of benzene rings is 2. The summed E-state index contributed by atoms with van der Waals surface area (Å²) in [6.45, 7) is 0. The summed E-state index contributed by atoms with van der Waals surface area (Å²) in [5, 5.41) is 4.28. The van der Waals surface area contributed by atoms with Gasteiger partial charge in [-0.25, -0.2) is 5.01 Å². The van der Waals surface area contributed by atoms with E-state index in [1.54, 1.807) is 36.4 Å². The van der Waals surface area contributed by atoms with Crippen LogP contribution in [0.15, 0.2) is 36.4 Å². The second-order valence-corrected chi connectivity index (χ2v) is 6.36. The number of halogens is 1. The number of carbonyl (C=O) groups is 3. The van der Waals surface area contributed by atoms with Crippen LogP contribution in [0.3, 0.4) is 0 Å². The summed E-state index contributed by atoms with van der Waals surface area (Å²) in [5.74, 6) is -0.0481. The first kappa shape index (κ1) is 19.5. The zero-order chi connectivity index (χ0) is 20.3. The van der Waals surface area contributed by atoms with Gasteiger partial charge >= 0.3 is 0 Å². The lowest BCUT2D eigenvalue weighted by Crippen LogP contribution is -2.50. The van der Waals surface area contributed by atoms with E-state index >= 15 is 0 Å². The molecule has 3 amide bonds. The predicted octanol–water partition coefficient (Wildman–Crippen LogP) is 2.77. The van der Waals surface area contributed by atoms with E-state index in [1.165, 1.54) is 19.2 Å². The molecular formula is C19H18ClN3O5. The van der Waals surface area contributed by atoms with Crippen LogP contribution in [0, 0.1) is 0 Å². The van der Waals surface area contributed by atoms with E-state index < -0.39 is 0 Å². The first-order valence-electron chi connectivity index (χ1n) is 8.38. The third-order valence-corrected chi connectivity index (χ3v) is 4.46. The van der Waals surface area contributed by atoms with Crippen LogP contribution >= 0.6 is 11.6 Å². The van der Waals surface area contributed by atoms with Gasteiger partial charge in [0.05, 0.1) is 30.6 Å². The Hall–Kier alpha value is -3.26. The van der Waals surface area contributed by atoms with Crippen molar-refractivity contribution >= 4 is 40.7 Å². The summed E-state index contributed by atoms with van der Waals surface area (Å²) in [7, 11) is 2.94. The fourth-order valence-electron chi connectivity index (χ4n) is 2.70. The summed E-state index contributed by atoms with van der Waals surface area (Å²) in [5.41, 5.74) is 3.73. The molecule has 1 fully saturated rings. The Balaban J connectivity index is 1.78. The van der Waals surface area contributed by atoms with Crippen molar-refractivity contribution in [1.82, 2.24) is 5.43 Å². The molecule has 0 unspecified atom stereocenters. The summed E-state index contributed by atoms with van der Waals surface area (Å²) >= 11 is 6.07. The predicted molar refractivity (Wildman–Crippen MR) is 104 cm³/mol. The largest absolute Gasteiger partial charge is 0.495 e. The van der Waals surface area contributed by atoms with Gasteiger partial charge in [0.25, 0.3) is 5.91 Å². The van der Waals surface area contributed by atoms with Crippen molar-refractivity contribution in [3.8, 4) is 11.5 Å². The molecule has 2 aromatic rings. The molecule has 3 rings (SSSR count). The van der Waals surface area contributed by atoms with Crippen molar-refractivity contribution in [2.75, 3.05) is 24.5 Å². The van der Waals surface area contributed by atoms with Crippen LogP contribution in [-0.4, -0.2) is 31.9 Å². The molecule has 0 saturated carbocycles. The summed E-state index contributed by atoms with van der Waals surface area (Å²) in [6.07, 6.45) is 0.314. The first-order valence-corrected chi connectivity index (χ1v) is 8.76. The number of ether oxygens (including phenoxy) is 2. The van der Waals surface area contributed by atoms with Gasteiger partial charge in [-0.2, -0.15) is 0 Å². The number of methoxy groups -OCH3 is 2. The Bertz CT molecular complexity index is 930. The number of rotatable bonds is 5. The molecule has 8 nitrogen and oxygen atoms in total. The molecule has 1 aliphatic heterocycles. The van der Waals surface area contributed by atoms with E-state index in [0.29, 0.717) is 33.5 Å². The van der Waals surface area contributed by atoms with Crippen molar-refractivity contribution < 1.29 is 23.9 Å². The van der Waals surface area contributed by atoms with E-state index in [0.717, 1.165) is 0 Å². The van der Waals surface area contributed by atoms with Crippen LogP contribution in [0.25, 0.3) is 0 Å². The lowest BCUT2D eigenvalue weighted by atomic mass is 10.1. The SMILES string of the molecule is COc1cc(NC(=O)c2ccc(N3NC(=O)CCC3=O)cc2)c(OC)cc1Cl. The normalized spacial score (nSPS) is 13.8. The maximum Gasteiger partial charge on any atom is 0.255 e. The quantitative estimate of drug-likeness (QED) is 0.800.